The fourth-order valence-electron chi connectivity index (χ4n) is 2.07. The predicted molar refractivity (Wildman–Crippen MR) is 78.4 cm³/mol. The van der Waals surface area contributed by atoms with Crippen molar-refractivity contribution in [1.82, 2.24) is 5.32 Å². The van der Waals surface area contributed by atoms with Crippen molar-refractivity contribution >= 4 is 5.91 Å². The molecular formula is C17H19NO. The smallest absolute Gasteiger partial charge is 0.251 e. The second kappa shape index (κ2) is 6.19. The maximum Gasteiger partial charge on any atom is 0.251 e. The molecule has 0 aromatic heterocycles. The minimum Gasteiger partial charge on any atom is -0.351 e. The van der Waals surface area contributed by atoms with Gasteiger partial charge in [0.2, 0.25) is 0 Å². The standard InChI is InChI=1S/C17H19NO/c1-13-8-6-7-11-16(13)17(19)18-12-14(2)15-9-4-3-5-10-15/h3-11,14H,12H2,1-2H3,(H,18,19). The molecule has 2 aromatic carbocycles. The first-order valence-corrected chi connectivity index (χ1v) is 6.57. The lowest BCUT2D eigenvalue weighted by atomic mass is 10.0. The number of rotatable bonds is 4. The maximum absolute atomic E-state index is 12.1. The summed E-state index contributed by atoms with van der Waals surface area (Å²) in [7, 11) is 0. The van der Waals surface area contributed by atoms with Gasteiger partial charge in [-0.15, -0.1) is 0 Å². The van der Waals surface area contributed by atoms with Crippen LogP contribution in [0.5, 0.6) is 0 Å². The summed E-state index contributed by atoms with van der Waals surface area (Å²) in [5.74, 6) is 0.315. The molecule has 0 bridgehead atoms. The van der Waals surface area contributed by atoms with E-state index in [0.29, 0.717) is 12.5 Å². The molecule has 19 heavy (non-hydrogen) atoms. The van der Waals surface area contributed by atoms with Crippen LogP contribution in [0.3, 0.4) is 0 Å². The van der Waals surface area contributed by atoms with Gasteiger partial charge in [0.15, 0.2) is 0 Å². The van der Waals surface area contributed by atoms with E-state index < -0.39 is 0 Å². The Morgan fingerprint density at radius 1 is 1.05 bits per heavy atom. The zero-order valence-corrected chi connectivity index (χ0v) is 11.4. The molecule has 0 saturated carbocycles. The third kappa shape index (κ3) is 3.44. The Balaban J connectivity index is 1.96. The molecule has 1 atom stereocenters. The van der Waals surface area contributed by atoms with Crippen LogP contribution in [0.2, 0.25) is 0 Å². The molecule has 0 aliphatic carbocycles. The Morgan fingerprint density at radius 2 is 1.68 bits per heavy atom. The van der Waals surface area contributed by atoms with Gasteiger partial charge in [0, 0.05) is 12.1 Å². The summed E-state index contributed by atoms with van der Waals surface area (Å²) in [6.45, 7) is 4.72. The average Bonchev–Trinajstić information content (AvgIpc) is 2.46. The number of nitrogens with one attached hydrogen (secondary N) is 1. The lowest BCUT2D eigenvalue weighted by Crippen LogP contribution is -2.28. The van der Waals surface area contributed by atoms with Crippen molar-refractivity contribution in [2.45, 2.75) is 19.8 Å². The van der Waals surface area contributed by atoms with Crippen molar-refractivity contribution in [3.63, 3.8) is 0 Å². The molecule has 0 spiro atoms. The monoisotopic (exact) mass is 253 g/mol. The first-order valence-electron chi connectivity index (χ1n) is 6.57. The van der Waals surface area contributed by atoms with E-state index in [1.807, 2.05) is 49.4 Å². The molecule has 0 radical (unpaired) electrons. The van der Waals surface area contributed by atoms with E-state index in [4.69, 9.17) is 0 Å². The number of hydrogen-bond acceptors (Lipinski definition) is 1. The van der Waals surface area contributed by atoms with Crippen molar-refractivity contribution < 1.29 is 4.79 Å². The van der Waals surface area contributed by atoms with Gasteiger partial charge in [0.05, 0.1) is 0 Å². The summed E-state index contributed by atoms with van der Waals surface area (Å²) < 4.78 is 0. The van der Waals surface area contributed by atoms with Crippen LogP contribution < -0.4 is 5.32 Å². The third-order valence-corrected chi connectivity index (χ3v) is 3.33. The van der Waals surface area contributed by atoms with Crippen LogP contribution in [0.25, 0.3) is 0 Å². The van der Waals surface area contributed by atoms with E-state index in [-0.39, 0.29) is 5.91 Å². The van der Waals surface area contributed by atoms with Crippen LogP contribution >= 0.6 is 0 Å². The number of amides is 1. The van der Waals surface area contributed by atoms with Crippen LogP contribution in [0.15, 0.2) is 54.6 Å². The number of aryl methyl sites for hydroxylation is 1. The quantitative estimate of drug-likeness (QED) is 0.887. The van der Waals surface area contributed by atoms with Gasteiger partial charge in [-0.05, 0) is 30.0 Å². The van der Waals surface area contributed by atoms with Crippen LogP contribution in [-0.2, 0) is 0 Å². The molecule has 0 aliphatic heterocycles. The summed E-state index contributed by atoms with van der Waals surface area (Å²) in [5, 5.41) is 3.00. The average molecular weight is 253 g/mol. The highest BCUT2D eigenvalue weighted by Gasteiger charge is 2.10. The highest BCUT2D eigenvalue weighted by molar-refractivity contribution is 5.95. The topological polar surface area (TPSA) is 29.1 Å². The summed E-state index contributed by atoms with van der Waals surface area (Å²) in [6.07, 6.45) is 0. The summed E-state index contributed by atoms with van der Waals surface area (Å²) in [6, 6.07) is 17.9. The van der Waals surface area contributed by atoms with Gasteiger partial charge in [-0.2, -0.15) is 0 Å². The molecule has 1 N–H and O–H groups in total. The Bertz CT molecular complexity index is 548. The number of carbonyl (C=O) groups is 1. The number of hydrogen-bond donors (Lipinski definition) is 1. The molecule has 0 aliphatic rings. The van der Waals surface area contributed by atoms with E-state index in [9.17, 15) is 4.79 Å². The normalized spacial score (nSPS) is 11.9. The van der Waals surface area contributed by atoms with Crippen molar-refractivity contribution in [1.29, 1.82) is 0 Å². The minimum atomic E-state index is 0.000816. The van der Waals surface area contributed by atoms with Crippen LogP contribution in [0.1, 0.15) is 34.3 Å². The molecule has 2 rings (SSSR count). The second-order valence-corrected chi connectivity index (χ2v) is 4.84. The maximum atomic E-state index is 12.1. The zero-order valence-electron chi connectivity index (χ0n) is 11.4. The highest BCUT2D eigenvalue weighted by atomic mass is 16.1. The Hall–Kier alpha value is -2.09. The highest BCUT2D eigenvalue weighted by Crippen LogP contribution is 2.13. The fraction of sp³-hybridized carbons (Fsp3) is 0.235. The molecule has 1 amide bonds. The lowest BCUT2D eigenvalue weighted by Gasteiger charge is -2.13. The second-order valence-electron chi connectivity index (χ2n) is 4.84. The van der Waals surface area contributed by atoms with Crippen molar-refractivity contribution in [2.24, 2.45) is 0 Å². The van der Waals surface area contributed by atoms with Gasteiger partial charge in [-0.1, -0.05) is 55.5 Å². The molecular weight excluding hydrogens is 234 g/mol. The number of benzene rings is 2. The molecule has 98 valence electrons. The fourth-order valence-corrected chi connectivity index (χ4v) is 2.07. The van der Waals surface area contributed by atoms with E-state index in [2.05, 4.69) is 24.4 Å². The van der Waals surface area contributed by atoms with Gasteiger partial charge in [0.25, 0.3) is 5.91 Å². The van der Waals surface area contributed by atoms with Gasteiger partial charge < -0.3 is 5.32 Å². The molecule has 0 heterocycles. The largest absolute Gasteiger partial charge is 0.351 e. The Labute approximate surface area is 114 Å². The summed E-state index contributed by atoms with van der Waals surface area (Å²) in [4.78, 5) is 12.1. The van der Waals surface area contributed by atoms with Crippen LogP contribution in [0.4, 0.5) is 0 Å². The summed E-state index contributed by atoms with van der Waals surface area (Å²) in [5.41, 5.74) is 3.00. The predicted octanol–water partition coefficient (Wildman–Crippen LogP) is 3.53. The lowest BCUT2D eigenvalue weighted by molar-refractivity contribution is 0.0951. The van der Waals surface area contributed by atoms with Crippen LogP contribution in [-0.4, -0.2) is 12.5 Å². The molecule has 0 fully saturated rings. The van der Waals surface area contributed by atoms with Crippen LogP contribution in [0, 0.1) is 6.92 Å². The Kier molecular flexibility index (Phi) is 4.35. The van der Waals surface area contributed by atoms with E-state index in [0.717, 1.165) is 11.1 Å². The van der Waals surface area contributed by atoms with Crippen molar-refractivity contribution in [3.05, 3.63) is 71.3 Å². The van der Waals surface area contributed by atoms with Gasteiger partial charge in [-0.3, -0.25) is 4.79 Å². The van der Waals surface area contributed by atoms with Gasteiger partial charge >= 0.3 is 0 Å². The van der Waals surface area contributed by atoms with Gasteiger partial charge in [-0.25, -0.2) is 0 Å². The summed E-state index contributed by atoms with van der Waals surface area (Å²) >= 11 is 0. The third-order valence-electron chi connectivity index (χ3n) is 3.33. The van der Waals surface area contributed by atoms with Crippen molar-refractivity contribution in [3.8, 4) is 0 Å². The van der Waals surface area contributed by atoms with E-state index >= 15 is 0 Å². The molecule has 0 saturated heterocycles. The molecule has 2 aromatic rings. The first kappa shape index (κ1) is 13.3. The number of carbonyl (C=O) groups excluding carboxylic acids is 1. The van der Waals surface area contributed by atoms with Crippen molar-refractivity contribution in [2.75, 3.05) is 6.54 Å². The van der Waals surface area contributed by atoms with E-state index in [1.165, 1.54) is 5.56 Å². The van der Waals surface area contributed by atoms with E-state index in [1.54, 1.807) is 0 Å². The van der Waals surface area contributed by atoms with Gasteiger partial charge in [0.1, 0.15) is 0 Å². The molecule has 2 nitrogen and oxygen atoms in total. The first-order chi connectivity index (χ1) is 9.18. The molecule has 1 unspecified atom stereocenters. The molecule has 2 heteroatoms. The SMILES string of the molecule is Cc1ccccc1C(=O)NCC(C)c1ccccc1. The Morgan fingerprint density at radius 3 is 2.37 bits per heavy atom. The minimum absolute atomic E-state index is 0.000816. The zero-order chi connectivity index (χ0) is 13.7.